The summed E-state index contributed by atoms with van der Waals surface area (Å²) < 4.78 is 25.8. The topological polar surface area (TPSA) is 99.1 Å². The summed E-state index contributed by atoms with van der Waals surface area (Å²) in [4.78, 5) is 12.4. The largest absolute Gasteiger partial charge is 0.508 e. The second kappa shape index (κ2) is 7.40. The number of phenols is 1. The van der Waals surface area contributed by atoms with Gasteiger partial charge in [-0.15, -0.1) is 0 Å². The molecule has 0 unspecified atom stereocenters. The van der Waals surface area contributed by atoms with E-state index in [1.54, 1.807) is 55.5 Å². The molecule has 8 heteroatoms. The van der Waals surface area contributed by atoms with E-state index >= 15 is 0 Å². The van der Waals surface area contributed by atoms with E-state index in [1.165, 1.54) is 5.01 Å². The second-order valence-corrected chi connectivity index (χ2v) is 8.12. The van der Waals surface area contributed by atoms with E-state index in [1.807, 2.05) is 0 Å². The van der Waals surface area contributed by atoms with Gasteiger partial charge in [0.1, 0.15) is 5.75 Å². The number of hydrogen-bond acceptors (Lipinski definition) is 5. The van der Waals surface area contributed by atoms with Crippen LogP contribution in [0.15, 0.2) is 53.6 Å². The average Bonchev–Trinajstić information content (AvgIpc) is 3.06. The van der Waals surface area contributed by atoms with Crippen LogP contribution in [0.2, 0.25) is 0 Å². The number of para-hydroxylation sites is 1. The number of carbonyl (C=O) groups is 1. The summed E-state index contributed by atoms with van der Waals surface area (Å²) in [6.45, 7) is 1.77. The molecular weight excluding hydrogens is 366 g/mol. The van der Waals surface area contributed by atoms with E-state index in [4.69, 9.17) is 0 Å². The number of carbonyl (C=O) groups excluding carboxylic acids is 1. The van der Waals surface area contributed by atoms with Crippen molar-refractivity contribution in [2.75, 3.05) is 11.0 Å². The molecule has 3 rings (SSSR count). The first kappa shape index (κ1) is 18.9. The highest BCUT2D eigenvalue weighted by molar-refractivity contribution is 7.92. The number of sulfonamides is 1. The lowest BCUT2D eigenvalue weighted by atomic mass is 9.97. The van der Waals surface area contributed by atoms with Crippen molar-refractivity contribution in [3.05, 3.63) is 59.7 Å². The quantitative estimate of drug-likeness (QED) is 0.824. The van der Waals surface area contributed by atoms with Crippen molar-refractivity contribution in [1.82, 2.24) is 5.01 Å². The molecule has 0 saturated carbocycles. The number of nitrogens with zero attached hydrogens (tertiary/aromatic N) is 2. The molecule has 2 aromatic rings. The lowest BCUT2D eigenvalue weighted by Crippen LogP contribution is -2.26. The van der Waals surface area contributed by atoms with E-state index < -0.39 is 10.0 Å². The van der Waals surface area contributed by atoms with E-state index in [0.717, 1.165) is 11.8 Å². The monoisotopic (exact) mass is 387 g/mol. The van der Waals surface area contributed by atoms with Gasteiger partial charge in [-0.2, -0.15) is 5.10 Å². The van der Waals surface area contributed by atoms with E-state index in [0.29, 0.717) is 29.8 Å². The fourth-order valence-corrected chi connectivity index (χ4v) is 3.62. The zero-order valence-electron chi connectivity index (χ0n) is 15.1. The molecule has 2 N–H and O–H groups in total. The van der Waals surface area contributed by atoms with Crippen LogP contribution in [0, 0.1) is 0 Å². The summed E-state index contributed by atoms with van der Waals surface area (Å²) in [5, 5.41) is 15.5. The van der Waals surface area contributed by atoms with Gasteiger partial charge in [0.25, 0.3) is 0 Å². The number of phenolic OH excluding ortho intramolecular Hbond substituents is 1. The number of benzene rings is 2. The lowest BCUT2D eigenvalue weighted by Gasteiger charge is -2.21. The third-order valence-electron chi connectivity index (χ3n) is 4.28. The summed E-state index contributed by atoms with van der Waals surface area (Å²) in [6.07, 6.45) is 1.83. The van der Waals surface area contributed by atoms with Crippen molar-refractivity contribution in [3.8, 4) is 5.75 Å². The summed E-state index contributed by atoms with van der Waals surface area (Å²) in [6, 6.07) is 13.3. The Bertz CT molecular complexity index is 984. The Balaban J connectivity index is 2.00. The molecular formula is C19H21N3O4S. The fourth-order valence-electron chi connectivity index (χ4n) is 3.04. The number of aromatic hydroxyl groups is 1. The van der Waals surface area contributed by atoms with Gasteiger partial charge >= 0.3 is 0 Å². The molecule has 2 aromatic carbocycles. The Morgan fingerprint density at radius 3 is 2.52 bits per heavy atom. The van der Waals surface area contributed by atoms with Crippen molar-refractivity contribution < 1.29 is 18.3 Å². The van der Waals surface area contributed by atoms with E-state index in [9.17, 15) is 18.3 Å². The van der Waals surface area contributed by atoms with Gasteiger partial charge in [0, 0.05) is 18.4 Å². The van der Waals surface area contributed by atoms with Crippen LogP contribution in [-0.2, 0) is 14.8 Å². The number of hydrogen-bond donors (Lipinski definition) is 2. The molecule has 1 aliphatic heterocycles. The molecule has 0 spiro atoms. The molecule has 27 heavy (non-hydrogen) atoms. The highest BCUT2D eigenvalue weighted by atomic mass is 32.2. The maximum absolute atomic E-state index is 12.4. The molecule has 142 valence electrons. The third kappa shape index (κ3) is 4.28. The van der Waals surface area contributed by atoms with Gasteiger partial charge < -0.3 is 5.11 Å². The maximum Gasteiger partial charge on any atom is 0.242 e. The maximum atomic E-state index is 12.4. The number of amides is 1. The Kier molecular flexibility index (Phi) is 5.18. The van der Waals surface area contributed by atoms with Crippen LogP contribution >= 0.6 is 0 Å². The summed E-state index contributed by atoms with van der Waals surface area (Å²) in [5.74, 6) is 0.0191. The van der Waals surface area contributed by atoms with Gasteiger partial charge in [-0.3, -0.25) is 9.52 Å². The number of nitrogens with one attached hydrogen (secondary N) is 1. The molecule has 0 fully saturated rings. The predicted molar refractivity (Wildman–Crippen MR) is 104 cm³/mol. The molecule has 7 nitrogen and oxygen atoms in total. The van der Waals surface area contributed by atoms with Gasteiger partial charge in [0.2, 0.25) is 15.9 Å². The third-order valence-corrected chi connectivity index (χ3v) is 4.87. The molecule has 0 bridgehead atoms. The number of hydrazone groups is 1. The Morgan fingerprint density at radius 1 is 1.22 bits per heavy atom. The number of rotatable bonds is 5. The summed E-state index contributed by atoms with van der Waals surface area (Å²) in [7, 11) is -3.45. The van der Waals surface area contributed by atoms with Gasteiger partial charge in [-0.1, -0.05) is 37.3 Å². The summed E-state index contributed by atoms with van der Waals surface area (Å²) >= 11 is 0. The SMILES string of the molecule is CCC(=O)N1N=C(c2ccccc2NS(C)(=O)=O)C[C@@H]1c1ccc(O)cc1. The van der Waals surface area contributed by atoms with Gasteiger partial charge in [0.05, 0.1) is 23.7 Å². The fraction of sp³-hybridized carbons (Fsp3) is 0.263. The first-order valence-corrected chi connectivity index (χ1v) is 10.4. The van der Waals surface area contributed by atoms with Gasteiger partial charge in [0.15, 0.2) is 0 Å². The molecule has 1 aliphatic rings. The van der Waals surface area contributed by atoms with Crippen molar-refractivity contribution >= 4 is 27.3 Å². The van der Waals surface area contributed by atoms with Crippen molar-refractivity contribution in [3.63, 3.8) is 0 Å². The minimum absolute atomic E-state index is 0.128. The van der Waals surface area contributed by atoms with Crippen LogP contribution < -0.4 is 4.72 Å². The van der Waals surface area contributed by atoms with Crippen LogP contribution in [-0.4, -0.2) is 36.4 Å². The first-order chi connectivity index (χ1) is 12.8. The zero-order chi connectivity index (χ0) is 19.6. The van der Waals surface area contributed by atoms with Crippen LogP contribution in [0.1, 0.15) is 36.9 Å². The van der Waals surface area contributed by atoms with Gasteiger partial charge in [-0.05, 0) is 23.8 Å². The molecule has 1 amide bonds. The highest BCUT2D eigenvalue weighted by Crippen LogP contribution is 2.35. The van der Waals surface area contributed by atoms with Crippen molar-refractivity contribution in [1.29, 1.82) is 0 Å². The molecule has 0 aromatic heterocycles. The molecule has 1 atom stereocenters. The second-order valence-electron chi connectivity index (χ2n) is 6.37. The van der Waals surface area contributed by atoms with Crippen LogP contribution in [0.5, 0.6) is 5.75 Å². The molecule has 0 aliphatic carbocycles. The predicted octanol–water partition coefficient (Wildman–Crippen LogP) is 2.85. The zero-order valence-corrected chi connectivity index (χ0v) is 15.9. The Hall–Kier alpha value is -2.87. The molecule has 0 radical (unpaired) electrons. The average molecular weight is 387 g/mol. The standard InChI is InChI=1S/C19H21N3O4S/c1-3-19(24)22-18(13-8-10-14(23)11-9-13)12-17(20-22)15-6-4-5-7-16(15)21-27(2,25)26/h4-11,18,21,23H,3,12H2,1-2H3/t18-/m1/s1. The summed E-state index contributed by atoms with van der Waals surface area (Å²) in [5.41, 5.74) is 2.54. The highest BCUT2D eigenvalue weighted by Gasteiger charge is 2.33. The normalized spacial score (nSPS) is 16.9. The smallest absolute Gasteiger partial charge is 0.242 e. The Labute approximate surface area is 158 Å². The van der Waals surface area contributed by atoms with E-state index in [2.05, 4.69) is 9.82 Å². The molecule has 0 saturated heterocycles. The van der Waals surface area contributed by atoms with Crippen LogP contribution in [0.4, 0.5) is 5.69 Å². The molecule has 1 heterocycles. The first-order valence-electron chi connectivity index (χ1n) is 8.54. The van der Waals surface area contributed by atoms with Crippen LogP contribution in [0.3, 0.4) is 0 Å². The number of anilines is 1. The Morgan fingerprint density at radius 2 is 1.89 bits per heavy atom. The lowest BCUT2D eigenvalue weighted by molar-refractivity contribution is -0.132. The minimum Gasteiger partial charge on any atom is -0.508 e. The van der Waals surface area contributed by atoms with Crippen molar-refractivity contribution in [2.24, 2.45) is 5.10 Å². The minimum atomic E-state index is -3.45. The van der Waals surface area contributed by atoms with Crippen LogP contribution in [0.25, 0.3) is 0 Å². The van der Waals surface area contributed by atoms with Crippen molar-refractivity contribution in [2.45, 2.75) is 25.8 Å². The van der Waals surface area contributed by atoms with E-state index in [-0.39, 0.29) is 17.7 Å². The van der Waals surface area contributed by atoms with Gasteiger partial charge in [-0.25, -0.2) is 13.4 Å².